The number of esters is 1. The second kappa shape index (κ2) is 11.3. The molecular weight excluding hydrogens is 500 g/mol. The van der Waals surface area contributed by atoms with Crippen LogP contribution in [0.15, 0.2) is 71.7 Å². The zero-order chi connectivity index (χ0) is 28.3. The summed E-state index contributed by atoms with van der Waals surface area (Å²) >= 11 is 0. The lowest BCUT2D eigenvalue weighted by molar-refractivity contribution is -0.119. The van der Waals surface area contributed by atoms with E-state index >= 15 is 0 Å². The van der Waals surface area contributed by atoms with Gasteiger partial charge in [0.25, 0.3) is 0 Å². The van der Waals surface area contributed by atoms with Crippen LogP contribution in [0, 0.1) is 0 Å². The normalized spacial score (nSPS) is 14.5. The van der Waals surface area contributed by atoms with E-state index in [1.165, 1.54) is 31.2 Å². The van der Waals surface area contributed by atoms with Crippen molar-refractivity contribution < 1.29 is 29.0 Å². The molecule has 10 heteroatoms. The van der Waals surface area contributed by atoms with Crippen molar-refractivity contribution in [3.63, 3.8) is 0 Å². The molecule has 39 heavy (non-hydrogen) atoms. The molecule has 0 bridgehead atoms. The lowest BCUT2D eigenvalue weighted by Crippen LogP contribution is -2.35. The van der Waals surface area contributed by atoms with Gasteiger partial charge in [-0.05, 0) is 55.6 Å². The number of nitrogens with one attached hydrogen (secondary N) is 1. The van der Waals surface area contributed by atoms with Gasteiger partial charge in [0.2, 0.25) is 11.8 Å². The summed E-state index contributed by atoms with van der Waals surface area (Å²) in [6.45, 7) is 0.113. The van der Waals surface area contributed by atoms with E-state index in [-0.39, 0.29) is 29.6 Å². The summed E-state index contributed by atoms with van der Waals surface area (Å²) in [7, 11) is 6.30. The quantitative estimate of drug-likeness (QED) is 0.338. The van der Waals surface area contributed by atoms with Gasteiger partial charge in [0, 0.05) is 12.7 Å². The van der Waals surface area contributed by atoms with Gasteiger partial charge in [0.05, 0.1) is 41.9 Å². The van der Waals surface area contributed by atoms with Gasteiger partial charge in [0.1, 0.15) is 5.92 Å². The van der Waals surface area contributed by atoms with Crippen molar-refractivity contribution in [2.24, 2.45) is 4.99 Å². The van der Waals surface area contributed by atoms with Crippen LogP contribution in [-0.4, -0.2) is 74.3 Å². The molecule has 10 nitrogen and oxygen atoms in total. The van der Waals surface area contributed by atoms with E-state index in [4.69, 9.17) is 9.73 Å². The molecule has 1 unspecified atom stereocenters. The zero-order valence-electron chi connectivity index (χ0n) is 22.0. The molecule has 4 rings (SSSR count). The van der Waals surface area contributed by atoms with E-state index in [0.29, 0.717) is 33.8 Å². The highest BCUT2D eigenvalue weighted by Crippen LogP contribution is 2.37. The van der Waals surface area contributed by atoms with Crippen LogP contribution in [-0.2, 0) is 14.3 Å². The van der Waals surface area contributed by atoms with Crippen molar-refractivity contribution in [1.82, 2.24) is 4.90 Å². The van der Waals surface area contributed by atoms with Crippen LogP contribution >= 0.6 is 0 Å². The Balaban J connectivity index is 1.81. The van der Waals surface area contributed by atoms with Crippen LogP contribution in [0.1, 0.15) is 37.8 Å². The number of carboxylic acids is 1. The zero-order valence-corrected chi connectivity index (χ0v) is 22.0. The van der Waals surface area contributed by atoms with Crippen molar-refractivity contribution in [1.29, 1.82) is 0 Å². The Kier molecular flexibility index (Phi) is 7.87. The average Bonchev–Trinajstić information content (AvgIpc) is 3.25. The molecule has 0 saturated heterocycles. The maximum Gasteiger partial charge on any atom is 0.337 e. The topological polar surface area (TPSA) is 129 Å². The van der Waals surface area contributed by atoms with Crippen molar-refractivity contribution in [2.75, 3.05) is 45.0 Å². The lowest BCUT2D eigenvalue weighted by Gasteiger charge is -2.21. The minimum atomic E-state index is -1.22. The summed E-state index contributed by atoms with van der Waals surface area (Å²) < 4.78 is 4.79. The summed E-state index contributed by atoms with van der Waals surface area (Å²) in [4.78, 5) is 57.7. The standard InChI is InChI=1S/C29H28N4O6/c1-32(2)16-24(34)33(3)23-13-11-19(15-21(23)28(36)37)30-26(17-8-6-5-7-9-17)25-20-12-10-18(29(38)39-4)14-22(20)31-27(25)35/h5-15,25H,16H2,1-4H3,(H,31,35)(H,36,37). The molecule has 0 fully saturated rings. The molecule has 0 aliphatic carbocycles. The molecule has 3 aromatic carbocycles. The summed E-state index contributed by atoms with van der Waals surface area (Å²) in [5, 5.41) is 12.7. The Labute approximate surface area is 225 Å². The van der Waals surface area contributed by atoms with Crippen molar-refractivity contribution in [3.05, 3.63) is 89.0 Å². The predicted octanol–water partition coefficient (Wildman–Crippen LogP) is 3.55. The maximum atomic E-state index is 13.2. The van der Waals surface area contributed by atoms with Crippen LogP contribution in [0.3, 0.4) is 0 Å². The Morgan fingerprint density at radius 2 is 1.69 bits per heavy atom. The maximum absolute atomic E-state index is 13.2. The van der Waals surface area contributed by atoms with Crippen molar-refractivity contribution in [2.45, 2.75) is 5.92 Å². The first-order chi connectivity index (χ1) is 18.6. The number of likely N-dealkylation sites (N-methyl/N-ethyl adjacent to an activating group) is 2. The Morgan fingerprint density at radius 3 is 2.33 bits per heavy atom. The van der Waals surface area contributed by atoms with Crippen molar-refractivity contribution in [3.8, 4) is 0 Å². The molecule has 2 amide bonds. The first kappa shape index (κ1) is 27.2. The van der Waals surface area contributed by atoms with Crippen LogP contribution in [0.4, 0.5) is 17.1 Å². The lowest BCUT2D eigenvalue weighted by atomic mass is 9.90. The first-order valence-corrected chi connectivity index (χ1v) is 12.1. The number of hydrogen-bond acceptors (Lipinski definition) is 7. The molecule has 0 saturated carbocycles. The van der Waals surface area contributed by atoms with E-state index in [9.17, 15) is 24.3 Å². The number of carbonyl (C=O) groups is 4. The number of amides is 2. The second-order valence-electron chi connectivity index (χ2n) is 9.28. The number of methoxy groups -OCH3 is 1. The van der Waals surface area contributed by atoms with Crippen LogP contribution in [0.5, 0.6) is 0 Å². The monoisotopic (exact) mass is 528 g/mol. The fourth-order valence-electron chi connectivity index (χ4n) is 4.39. The Bertz CT molecular complexity index is 1480. The summed E-state index contributed by atoms with van der Waals surface area (Å²) in [6.07, 6.45) is 0. The van der Waals surface area contributed by atoms with Crippen LogP contribution < -0.4 is 10.2 Å². The van der Waals surface area contributed by atoms with Crippen molar-refractivity contribution >= 4 is 46.5 Å². The van der Waals surface area contributed by atoms with Gasteiger partial charge in [-0.15, -0.1) is 0 Å². The van der Waals surface area contributed by atoms with Gasteiger partial charge in [-0.1, -0.05) is 36.4 Å². The molecule has 1 aliphatic rings. The number of carboxylic acid groups (broad SMARTS) is 1. The number of carbonyl (C=O) groups excluding carboxylic acids is 3. The van der Waals surface area contributed by atoms with Gasteiger partial charge in [-0.3, -0.25) is 14.6 Å². The number of anilines is 2. The summed E-state index contributed by atoms with van der Waals surface area (Å²) in [5.41, 5.74) is 2.89. The fourth-order valence-corrected chi connectivity index (χ4v) is 4.39. The molecule has 3 aromatic rings. The number of nitrogens with zero attached hydrogens (tertiary/aromatic N) is 3. The number of aliphatic imine (C=N–C) groups is 1. The van der Waals surface area contributed by atoms with Gasteiger partial charge in [-0.2, -0.15) is 0 Å². The fraction of sp³-hybridized carbons (Fsp3) is 0.207. The molecule has 1 atom stereocenters. The van der Waals surface area contributed by atoms with E-state index in [0.717, 1.165) is 0 Å². The molecule has 1 aliphatic heterocycles. The highest BCUT2D eigenvalue weighted by Gasteiger charge is 2.36. The summed E-state index contributed by atoms with van der Waals surface area (Å²) in [5.74, 6) is -3.16. The third-order valence-electron chi connectivity index (χ3n) is 6.30. The highest BCUT2D eigenvalue weighted by atomic mass is 16.5. The number of ether oxygens (including phenoxy) is 1. The van der Waals surface area contributed by atoms with E-state index < -0.39 is 17.9 Å². The minimum absolute atomic E-state index is 0.0998. The van der Waals surface area contributed by atoms with Gasteiger partial charge in [0.15, 0.2) is 0 Å². The van der Waals surface area contributed by atoms with E-state index in [1.54, 1.807) is 43.3 Å². The second-order valence-corrected chi connectivity index (χ2v) is 9.28. The molecular formula is C29H28N4O6. The average molecular weight is 529 g/mol. The van der Waals surface area contributed by atoms with Crippen LogP contribution in [0.25, 0.3) is 0 Å². The largest absolute Gasteiger partial charge is 0.478 e. The minimum Gasteiger partial charge on any atom is -0.478 e. The molecule has 0 spiro atoms. The number of benzene rings is 3. The predicted molar refractivity (Wildman–Crippen MR) is 147 cm³/mol. The van der Waals surface area contributed by atoms with E-state index in [2.05, 4.69) is 5.32 Å². The molecule has 1 heterocycles. The van der Waals surface area contributed by atoms with Gasteiger partial charge in [-0.25, -0.2) is 9.59 Å². The number of rotatable bonds is 8. The number of fused-ring (bicyclic) bond motifs is 1. The Hall–Kier alpha value is -4.83. The van der Waals surface area contributed by atoms with Gasteiger partial charge < -0.3 is 25.0 Å². The smallest absolute Gasteiger partial charge is 0.337 e. The third kappa shape index (κ3) is 5.70. The SMILES string of the molecule is COC(=O)c1ccc2c(c1)NC(=O)C2C(=Nc1ccc(N(C)C(=O)CN(C)C)c(C(=O)O)c1)c1ccccc1. The van der Waals surface area contributed by atoms with Crippen LogP contribution in [0.2, 0.25) is 0 Å². The molecule has 0 aromatic heterocycles. The highest BCUT2D eigenvalue weighted by molar-refractivity contribution is 6.24. The molecule has 0 radical (unpaired) electrons. The first-order valence-electron chi connectivity index (χ1n) is 12.1. The molecule has 2 N–H and O–H groups in total. The summed E-state index contributed by atoms with van der Waals surface area (Å²) in [6, 6.07) is 18.4. The number of aromatic carboxylic acids is 1. The third-order valence-corrected chi connectivity index (χ3v) is 6.30. The number of hydrogen-bond donors (Lipinski definition) is 2. The Morgan fingerprint density at radius 1 is 0.974 bits per heavy atom. The van der Waals surface area contributed by atoms with Gasteiger partial charge >= 0.3 is 11.9 Å². The molecule has 200 valence electrons. The van der Waals surface area contributed by atoms with E-state index in [1.807, 2.05) is 30.3 Å².